The lowest BCUT2D eigenvalue weighted by Crippen LogP contribution is -2.47. The second-order valence-electron chi connectivity index (χ2n) is 6.22. The van der Waals surface area contributed by atoms with Crippen molar-refractivity contribution in [3.63, 3.8) is 0 Å². The number of nitrogens with zero attached hydrogens (tertiary/aromatic N) is 2. The molecule has 1 saturated carbocycles. The Morgan fingerprint density at radius 1 is 1.36 bits per heavy atom. The smallest absolute Gasteiger partial charge is 0.353 e. The number of fused-ring (bicyclic) bond motifs is 1. The second-order valence-corrected chi connectivity index (χ2v) is 8.20. The fraction of sp³-hybridized carbons (Fsp3) is 0.438. The minimum absolute atomic E-state index is 0.0171. The van der Waals surface area contributed by atoms with Crippen LogP contribution in [-0.4, -0.2) is 45.4 Å². The molecule has 2 aliphatic rings. The summed E-state index contributed by atoms with van der Waals surface area (Å²) in [6, 6.07) is 4.11. The summed E-state index contributed by atoms with van der Waals surface area (Å²) in [5, 5.41) is 8.44. The largest absolute Gasteiger partial charge is 0.464 e. The summed E-state index contributed by atoms with van der Waals surface area (Å²) in [5.41, 5.74) is 0.717. The van der Waals surface area contributed by atoms with E-state index in [4.69, 9.17) is 0 Å². The maximum atomic E-state index is 12.6. The number of anilines is 2. The van der Waals surface area contributed by atoms with Gasteiger partial charge in [-0.05, 0) is 37.8 Å². The van der Waals surface area contributed by atoms with Crippen LogP contribution in [0.2, 0.25) is 0 Å². The number of rotatable bonds is 4. The van der Waals surface area contributed by atoms with Crippen molar-refractivity contribution in [3.8, 4) is 0 Å². The molecule has 1 N–H and O–H groups in total. The van der Waals surface area contributed by atoms with Crippen LogP contribution >= 0.6 is 0 Å². The number of nitrogens with one attached hydrogen (secondary N) is 1. The predicted octanol–water partition coefficient (Wildman–Crippen LogP) is 1.18. The van der Waals surface area contributed by atoms with E-state index in [1.165, 1.54) is 25.1 Å². The second kappa shape index (κ2) is 6.14. The first kappa shape index (κ1) is 17.4. The molecule has 1 aliphatic carbocycles. The van der Waals surface area contributed by atoms with E-state index >= 15 is 0 Å². The molecule has 25 heavy (non-hydrogen) atoms. The normalized spacial score (nSPS) is 20.8. The molecular weight excluding hydrogens is 346 g/mol. The molecule has 1 amide bonds. The highest BCUT2D eigenvalue weighted by Gasteiger charge is 2.45. The molecule has 1 aromatic carbocycles. The number of sulfone groups is 1. The van der Waals surface area contributed by atoms with Gasteiger partial charge in [-0.25, -0.2) is 13.2 Å². The first-order chi connectivity index (χ1) is 11.7. The molecule has 1 fully saturated rings. The van der Waals surface area contributed by atoms with Crippen LogP contribution in [0.15, 0.2) is 28.2 Å². The van der Waals surface area contributed by atoms with E-state index in [1.54, 1.807) is 12.1 Å². The molecule has 1 heterocycles. The van der Waals surface area contributed by atoms with E-state index in [0.717, 1.165) is 19.1 Å². The van der Waals surface area contributed by atoms with Crippen molar-refractivity contribution >= 4 is 38.8 Å². The number of methoxy groups -OCH3 is 1. The summed E-state index contributed by atoms with van der Waals surface area (Å²) in [5.74, 6) is -0.821. The Morgan fingerprint density at radius 2 is 2.04 bits per heavy atom. The zero-order valence-corrected chi connectivity index (χ0v) is 15.0. The maximum absolute atomic E-state index is 12.6. The zero-order chi connectivity index (χ0) is 18.4. The highest BCUT2D eigenvalue weighted by atomic mass is 32.2. The molecule has 1 unspecified atom stereocenters. The van der Waals surface area contributed by atoms with Gasteiger partial charge in [0.1, 0.15) is 11.8 Å². The van der Waals surface area contributed by atoms with Gasteiger partial charge < -0.3 is 10.1 Å². The number of hydrazone groups is 1. The van der Waals surface area contributed by atoms with E-state index < -0.39 is 21.8 Å². The highest BCUT2D eigenvalue weighted by Crippen LogP contribution is 2.44. The minimum atomic E-state index is -3.54. The average molecular weight is 365 g/mol. The molecule has 134 valence electrons. The lowest BCUT2D eigenvalue weighted by Gasteiger charge is -2.35. The summed E-state index contributed by atoms with van der Waals surface area (Å²) < 4.78 is 28.8. The molecule has 0 spiro atoms. The van der Waals surface area contributed by atoms with Gasteiger partial charge in [-0.2, -0.15) is 5.10 Å². The van der Waals surface area contributed by atoms with Crippen LogP contribution in [0.5, 0.6) is 0 Å². The molecule has 8 nitrogen and oxygen atoms in total. The van der Waals surface area contributed by atoms with Gasteiger partial charge >= 0.3 is 5.97 Å². The fourth-order valence-electron chi connectivity index (χ4n) is 2.90. The monoisotopic (exact) mass is 365 g/mol. The number of amides is 1. The van der Waals surface area contributed by atoms with E-state index in [1.807, 2.05) is 0 Å². The van der Waals surface area contributed by atoms with Crippen molar-refractivity contribution in [2.75, 3.05) is 23.7 Å². The van der Waals surface area contributed by atoms with E-state index in [-0.39, 0.29) is 28.1 Å². The Morgan fingerprint density at radius 3 is 2.60 bits per heavy atom. The summed E-state index contributed by atoms with van der Waals surface area (Å²) in [4.78, 5) is 24.4. The van der Waals surface area contributed by atoms with Crippen molar-refractivity contribution in [1.29, 1.82) is 0 Å². The van der Waals surface area contributed by atoms with E-state index in [2.05, 4.69) is 15.2 Å². The van der Waals surface area contributed by atoms with Gasteiger partial charge in [-0.1, -0.05) is 6.07 Å². The third kappa shape index (κ3) is 3.23. The van der Waals surface area contributed by atoms with Crippen molar-refractivity contribution in [3.05, 3.63) is 18.2 Å². The number of esters is 1. The molecule has 3 rings (SSSR count). The zero-order valence-electron chi connectivity index (χ0n) is 14.1. The van der Waals surface area contributed by atoms with Crippen LogP contribution in [0.25, 0.3) is 0 Å². The van der Waals surface area contributed by atoms with Gasteiger partial charge in [0, 0.05) is 6.26 Å². The molecule has 1 aliphatic heterocycles. The van der Waals surface area contributed by atoms with Gasteiger partial charge in [0.2, 0.25) is 5.91 Å². The summed E-state index contributed by atoms with van der Waals surface area (Å²) in [7, 11) is -2.30. The van der Waals surface area contributed by atoms with Gasteiger partial charge in [0.25, 0.3) is 0 Å². The number of para-hydroxylation sites is 1. The average Bonchev–Trinajstić information content (AvgIpc) is 3.37. The number of carbonyl (C=O) groups is 2. The Hall–Kier alpha value is -2.42. The molecule has 0 bridgehead atoms. The van der Waals surface area contributed by atoms with Crippen LogP contribution in [0.4, 0.5) is 11.4 Å². The third-order valence-electron chi connectivity index (χ3n) is 4.24. The minimum Gasteiger partial charge on any atom is -0.464 e. The van der Waals surface area contributed by atoms with Crippen LogP contribution in [-0.2, 0) is 24.2 Å². The van der Waals surface area contributed by atoms with Crippen molar-refractivity contribution in [2.24, 2.45) is 11.0 Å². The van der Waals surface area contributed by atoms with Crippen molar-refractivity contribution in [1.82, 2.24) is 0 Å². The molecule has 1 aromatic rings. The first-order valence-electron chi connectivity index (χ1n) is 7.80. The van der Waals surface area contributed by atoms with Gasteiger partial charge in [0.05, 0.1) is 23.4 Å². The number of carbonyl (C=O) groups excluding carboxylic acids is 2. The molecule has 0 aromatic heterocycles. The van der Waals surface area contributed by atoms with Gasteiger partial charge in [-0.3, -0.25) is 9.80 Å². The Balaban J connectivity index is 2.17. The third-order valence-corrected chi connectivity index (χ3v) is 5.38. The lowest BCUT2D eigenvalue weighted by atomic mass is 10.1. The first-order valence-corrected chi connectivity index (χ1v) is 9.70. The number of benzene rings is 1. The Labute approximate surface area is 145 Å². The number of ether oxygens (including phenoxy) is 1. The molecule has 0 radical (unpaired) electrons. The van der Waals surface area contributed by atoms with Gasteiger partial charge in [-0.15, -0.1) is 0 Å². The molecule has 0 saturated heterocycles. The summed E-state index contributed by atoms with van der Waals surface area (Å²) in [6.45, 7) is 1.49. The summed E-state index contributed by atoms with van der Waals surface area (Å²) in [6.07, 6.45) is 2.83. The Kier molecular flexibility index (Phi) is 4.28. The van der Waals surface area contributed by atoms with Crippen molar-refractivity contribution in [2.45, 2.75) is 30.7 Å². The van der Waals surface area contributed by atoms with E-state index in [9.17, 15) is 18.0 Å². The predicted molar refractivity (Wildman–Crippen MR) is 92.3 cm³/mol. The molecule has 1 atom stereocenters. The highest BCUT2D eigenvalue weighted by molar-refractivity contribution is 7.90. The lowest BCUT2D eigenvalue weighted by molar-refractivity contribution is -0.132. The van der Waals surface area contributed by atoms with Crippen LogP contribution in [0.3, 0.4) is 0 Å². The fourth-order valence-corrected chi connectivity index (χ4v) is 3.75. The van der Waals surface area contributed by atoms with Crippen LogP contribution in [0, 0.1) is 5.92 Å². The SMILES string of the molecule is COC(=O)/C(C)=N\N1c2cccc(S(C)(=O)=O)c2NC(=O)C1C1CC1. The maximum Gasteiger partial charge on any atom is 0.353 e. The number of hydrogen-bond acceptors (Lipinski definition) is 7. The summed E-state index contributed by atoms with van der Waals surface area (Å²) >= 11 is 0. The Bertz CT molecular complexity index is 874. The quantitative estimate of drug-likeness (QED) is 0.634. The molecular formula is C16H19N3O5S. The van der Waals surface area contributed by atoms with E-state index in [0.29, 0.717) is 5.69 Å². The van der Waals surface area contributed by atoms with Crippen molar-refractivity contribution < 1.29 is 22.7 Å². The van der Waals surface area contributed by atoms with Crippen LogP contribution in [0.1, 0.15) is 19.8 Å². The van der Waals surface area contributed by atoms with Crippen LogP contribution < -0.4 is 10.3 Å². The standard InChI is InChI=1S/C16H19N3O5S/c1-9(16(21)24-2)18-19-11-5-4-6-12(25(3,22)23)13(11)17-15(20)14(19)10-7-8-10/h4-6,10,14H,7-8H2,1-3H3,(H,17,20)/b18-9-. The molecule has 9 heteroatoms. The number of hydrogen-bond donors (Lipinski definition) is 1. The topological polar surface area (TPSA) is 105 Å². The van der Waals surface area contributed by atoms with Gasteiger partial charge in [0.15, 0.2) is 9.84 Å².